The third-order valence-electron chi connectivity index (χ3n) is 3.87. The molecular formula is C14H25N5O2. The van der Waals surface area contributed by atoms with Crippen LogP contribution >= 0.6 is 0 Å². The van der Waals surface area contributed by atoms with Gasteiger partial charge in [-0.15, -0.1) is 0 Å². The molecule has 118 valence electrons. The van der Waals surface area contributed by atoms with Gasteiger partial charge in [0.2, 0.25) is 0 Å². The number of nitrogen functional groups attached to an aromatic ring is 1. The molecule has 7 heteroatoms. The first kappa shape index (κ1) is 15.6. The lowest BCUT2D eigenvalue weighted by atomic mass is 10.1. The van der Waals surface area contributed by atoms with Gasteiger partial charge in [0.25, 0.3) is 5.56 Å². The Balaban J connectivity index is 2.03. The summed E-state index contributed by atoms with van der Waals surface area (Å²) in [5.74, 6) is 0.226. The smallest absolute Gasteiger partial charge is 0.330 e. The minimum absolute atomic E-state index is 0.226. The highest BCUT2D eigenvalue weighted by Crippen LogP contribution is 2.11. The van der Waals surface area contributed by atoms with Crippen LogP contribution in [0.15, 0.2) is 9.59 Å². The summed E-state index contributed by atoms with van der Waals surface area (Å²) in [5, 5.41) is 3.08. The normalized spacial score (nSPS) is 16.0. The number of anilines is 2. The molecule has 0 aliphatic carbocycles. The highest BCUT2D eigenvalue weighted by Gasteiger charge is 2.13. The number of likely N-dealkylation sites (tertiary alicyclic amines) is 1. The molecule has 2 rings (SSSR count). The molecular weight excluding hydrogens is 270 g/mol. The van der Waals surface area contributed by atoms with Gasteiger partial charge in [0, 0.05) is 19.6 Å². The van der Waals surface area contributed by atoms with Gasteiger partial charge in [0.15, 0.2) is 0 Å². The van der Waals surface area contributed by atoms with Crippen molar-refractivity contribution in [3.05, 3.63) is 20.8 Å². The van der Waals surface area contributed by atoms with Crippen LogP contribution in [0.4, 0.5) is 11.5 Å². The zero-order valence-corrected chi connectivity index (χ0v) is 12.7. The van der Waals surface area contributed by atoms with Gasteiger partial charge in [0.1, 0.15) is 11.5 Å². The van der Waals surface area contributed by atoms with E-state index >= 15 is 0 Å². The molecule has 1 fully saturated rings. The number of aromatic nitrogens is 2. The van der Waals surface area contributed by atoms with Gasteiger partial charge in [-0.05, 0) is 32.4 Å². The van der Waals surface area contributed by atoms with E-state index in [1.54, 1.807) is 0 Å². The lowest BCUT2D eigenvalue weighted by Gasteiger charge is -2.26. The lowest BCUT2D eigenvalue weighted by molar-refractivity contribution is 0.237. The second-order valence-electron chi connectivity index (χ2n) is 5.50. The molecule has 4 N–H and O–H groups in total. The zero-order valence-electron chi connectivity index (χ0n) is 12.7. The number of H-pyrrole nitrogens is 1. The van der Waals surface area contributed by atoms with Gasteiger partial charge >= 0.3 is 5.69 Å². The van der Waals surface area contributed by atoms with Crippen molar-refractivity contribution in [2.45, 2.75) is 39.2 Å². The van der Waals surface area contributed by atoms with Gasteiger partial charge in [-0.2, -0.15) is 0 Å². The molecule has 0 spiro atoms. The molecule has 1 aromatic heterocycles. The van der Waals surface area contributed by atoms with Crippen LogP contribution in [-0.2, 0) is 6.54 Å². The molecule has 0 aromatic carbocycles. The number of piperidine rings is 1. The Labute approximate surface area is 124 Å². The molecule has 21 heavy (non-hydrogen) atoms. The Bertz CT molecular complexity index is 572. The van der Waals surface area contributed by atoms with Crippen molar-refractivity contribution >= 4 is 11.5 Å². The Morgan fingerprint density at radius 2 is 1.90 bits per heavy atom. The maximum Gasteiger partial charge on any atom is 0.330 e. The molecule has 1 saturated heterocycles. The quantitative estimate of drug-likeness (QED) is 0.707. The zero-order chi connectivity index (χ0) is 15.2. The van der Waals surface area contributed by atoms with Crippen molar-refractivity contribution in [2.24, 2.45) is 0 Å². The second-order valence-corrected chi connectivity index (χ2v) is 5.50. The van der Waals surface area contributed by atoms with E-state index in [1.807, 2.05) is 6.92 Å². The summed E-state index contributed by atoms with van der Waals surface area (Å²) in [4.78, 5) is 28.3. The number of rotatable bonds is 6. The van der Waals surface area contributed by atoms with E-state index in [0.29, 0.717) is 18.8 Å². The average Bonchev–Trinajstić information content (AvgIpc) is 2.48. The van der Waals surface area contributed by atoms with E-state index in [-0.39, 0.29) is 5.82 Å². The van der Waals surface area contributed by atoms with Gasteiger partial charge in [-0.25, -0.2) is 4.79 Å². The summed E-state index contributed by atoms with van der Waals surface area (Å²) < 4.78 is 1.41. The maximum atomic E-state index is 11.9. The molecule has 1 aliphatic heterocycles. The molecule has 0 atom stereocenters. The molecule has 0 bridgehead atoms. The first-order valence-electron chi connectivity index (χ1n) is 7.72. The van der Waals surface area contributed by atoms with Crippen molar-refractivity contribution in [3.63, 3.8) is 0 Å². The van der Waals surface area contributed by atoms with Crippen molar-refractivity contribution in [1.29, 1.82) is 0 Å². The van der Waals surface area contributed by atoms with Crippen molar-refractivity contribution in [2.75, 3.05) is 37.2 Å². The van der Waals surface area contributed by atoms with Crippen LogP contribution in [0, 0.1) is 0 Å². The molecule has 1 aromatic rings. The number of nitrogens with one attached hydrogen (secondary N) is 2. The standard InChI is InChI=1S/C14H25N5O2/c1-2-7-19-12(15)11(13(20)17-14(19)21)16-6-10-18-8-4-3-5-9-18/h16H,2-10,15H2,1H3,(H,17,20,21). The minimum atomic E-state index is -0.444. The van der Waals surface area contributed by atoms with Crippen LogP contribution in [0.3, 0.4) is 0 Å². The molecule has 0 radical (unpaired) electrons. The molecule has 7 nitrogen and oxygen atoms in total. The third-order valence-corrected chi connectivity index (χ3v) is 3.87. The van der Waals surface area contributed by atoms with Crippen LogP contribution in [0.5, 0.6) is 0 Å². The topological polar surface area (TPSA) is 96.2 Å². The van der Waals surface area contributed by atoms with E-state index in [9.17, 15) is 9.59 Å². The van der Waals surface area contributed by atoms with Crippen molar-refractivity contribution in [3.8, 4) is 0 Å². The van der Waals surface area contributed by atoms with Crippen LogP contribution < -0.4 is 22.3 Å². The predicted molar refractivity (Wildman–Crippen MR) is 84.8 cm³/mol. The van der Waals surface area contributed by atoms with Gasteiger partial charge in [-0.3, -0.25) is 14.3 Å². The summed E-state index contributed by atoms with van der Waals surface area (Å²) >= 11 is 0. The average molecular weight is 295 g/mol. The van der Waals surface area contributed by atoms with Crippen LogP contribution in [0.25, 0.3) is 0 Å². The largest absolute Gasteiger partial charge is 0.383 e. The Morgan fingerprint density at radius 3 is 2.57 bits per heavy atom. The van der Waals surface area contributed by atoms with E-state index in [0.717, 1.165) is 26.1 Å². The molecule has 0 unspecified atom stereocenters. The van der Waals surface area contributed by atoms with E-state index in [1.165, 1.54) is 23.8 Å². The van der Waals surface area contributed by atoms with Crippen LogP contribution in [-0.4, -0.2) is 40.6 Å². The van der Waals surface area contributed by atoms with E-state index < -0.39 is 11.2 Å². The Hall–Kier alpha value is -1.76. The van der Waals surface area contributed by atoms with Crippen molar-refractivity contribution < 1.29 is 0 Å². The number of nitrogens with zero attached hydrogens (tertiary/aromatic N) is 2. The number of aromatic amines is 1. The highest BCUT2D eigenvalue weighted by atomic mass is 16.2. The third kappa shape index (κ3) is 3.87. The number of hydrogen-bond acceptors (Lipinski definition) is 5. The number of hydrogen-bond donors (Lipinski definition) is 3. The fourth-order valence-electron chi connectivity index (χ4n) is 2.73. The van der Waals surface area contributed by atoms with Gasteiger partial charge in [0.05, 0.1) is 0 Å². The second kappa shape index (κ2) is 7.31. The molecule has 1 aliphatic rings. The Kier molecular flexibility index (Phi) is 5.44. The summed E-state index contributed by atoms with van der Waals surface area (Å²) in [6.45, 7) is 6.22. The fraction of sp³-hybridized carbons (Fsp3) is 0.714. The summed E-state index contributed by atoms with van der Waals surface area (Å²) in [7, 11) is 0. The summed E-state index contributed by atoms with van der Waals surface area (Å²) in [6.07, 6.45) is 4.57. The molecule has 0 amide bonds. The van der Waals surface area contributed by atoms with Gasteiger partial charge in [-0.1, -0.05) is 13.3 Å². The maximum absolute atomic E-state index is 11.9. The minimum Gasteiger partial charge on any atom is -0.383 e. The van der Waals surface area contributed by atoms with Crippen LogP contribution in [0.2, 0.25) is 0 Å². The van der Waals surface area contributed by atoms with Crippen LogP contribution in [0.1, 0.15) is 32.6 Å². The monoisotopic (exact) mass is 295 g/mol. The van der Waals surface area contributed by atoms with E-state index in [4.69, 9.17) is 5.73 Å². The molecule has 2 heterocycles. The van der Waals surface area contributed by atoms with E-state index in [2.05, 4.69) is 15.2 Å². The van der Waals surface area contributed by atoms with Gasteiger partial charge < -0.3 is 16.0 Å². The summed E-state index contributed by atoms with van der Waals surface area (Å²) in [5.41, 5.74) is 5.38. The predicted octanol–water partition coefficient (Wildman–Crippen LogP) is 0.427. The Morgan fingerprint density at radius 1 is 1.19 bits per heavy atom. The van der Waals surface area contributed by atoms with Crippen molar-refractivity contribution in [1.82, 2.24) is 14.5 Å². The highest BCUT2D eigenvalue weighted by molar-refractivity contribution is 5.60. The summed E-state index contributed by atoms with van der Waals surface area (Å²) in [6, 6.07) is 0. The fourth-order valence-corrected chi connectivity index (χ4v) is 2.73. The first-order chi connectivity index (χ1) is 10.1. The lowest BCUT2D eigenvalue weighted by Crippen LogP contribution is -2.37. The molecule has 0 saturated carbocycles. The first-order valence-corrected chi connectivity index (χ1v) is 7.72. The number of nitrogens with two attached hydrogens (primary N) is 1. The SMILES string of the molecule is CCCn1c(N)c(NCCN2CCCCC2)c(=O)[nH]c1=O.